The largest absolute Gasteiger partial charge is 0.465 e. The monoisotopic (exact) mass is 935 g/mol. The summed E-state index contributed by atoms with van der Waals surface area (Å²) in [6, 6.07) is 16.8. The normalized spacial score (nSPS) is 19.4. The number of rotatable bonds is 11. The fraction of sp³-hybridized carbons (Fsp3) is 0.388. The lowest BCUT2D eigenvalue weighted by Crippen LogP contribution is -2.51. The van der Waals surface area contributed by atoms with Crippen molar-refractivity contribution in [1.29, 1.82) is 0 Å². The highest BCUT2D eigenvalue weighted by Gasteiger charge is 2.50. The molecule has 4 N–H and O–H groups in total. The Labute approximate surface area is 389 Å². The van der Waals surface area contributed by atoms with Gasteiger partial charge in [0.2, 0.25) is 18.0 Å². The number of methoxy groups -OCH3 is 2. The number of hydrogen-bond acceptors (Lipinski definition) is 9. The Morgan fingerprint density at radius 1 is 0.794 bits per heavy atom. The summed E-state index contributed by atoms with van der Waals surface area (Å²) in [5.41, 5.74) is 4.47. The Balaban J connectivity index is 1.03. The lowest BCUT2D eigenvalue weighted by molar-refractivity contribution is -0.137. The van der Waals surface area contributed by atoms with Crippen LogP contribution < -0.4 is 15.4 Å². The number of alkyl halides is 2. The van der Waals surface area contributed by atoms with Gasteiger partial charge in [-0.3, -0.25) is 14.2 Å². The maximum Gasteiger partial charge on any atom is 0.407 e. The number of imidazole rings is 2. The minimum absolute atomic E-state index is 0.122. The number of nitrogens with one attached hydrogen (secondary N) is 4. The number of benzene rings is 3. The van der Waals surface area contributed by atoms with E-state index in [-0.39, 0.29) is 29.1 Å². The molecule has 19 heteroatoms. The van der Waals surface area contributed by atoms with Crippen molar-refractivity contribution in [3.63, 3.8) is 0 Å². The van der Waals surface area contributed by atoms with Gasteiger partial charge < -0.3 is 44.6 Å². The van der Waals surface area contributed by atoms with Crippen LogP contribution >= 0.6 is 0 Å². The molecular formula is C49H52F3N9O7. The maximum absolute atomic E-state index is 17.3. The van der Waals surface area contributed by atoms with Gasteiger partial charge in [0, 0.05) is 40.6 Å². The molecule has 2 fully saturated rings. The molecule has 0 radical (unpaired) electrons. The fourth-order valence-corrected chi connectivity index (χ4v) is 9.59. The van der Waals surface area contributed by atoms with Crippen LogP contribution in [0, 0.1) is 17.7 Å². The second-order valence-corrected chi connectivity index (χ2v) is 18.2. The molecule has 16 nitrogen and oxygen atoms in total. The van der Waals surface area contributed by atoms with E-state index in [9.17, 15) is 19.2 Å². The molecule has 3 aliphatic heterocycles. The van der Waals surface area contributed by atoms with Crippen LogP contribution in [0.2, 0.25) is 0 Å². The Hall–Kier alpha value is -7.31. The van der Waals surface area contributed by atoms with Gasteiger partial charge in [0.1, 0.15) is 29.5 Å². The van der Waals surface area contributed by atoms with Crippen molar-refractivity contribution in [3.05, 3.63) is 102 Å². The number of fused-ring (bicyclic) bond motifs is 5. The van der Waals surface area contributed by atoms with E-state index in [1.54, 1.807) is 49.2 Å². The number of likely N-dealkylation sites (tertiary alicyclic amines) is 2. The van der Waals surface area contributed by atoms with Crippen LogP contribution in [-0.2, 0) is 19.1 Å². The van der Waals surface area contributed by atoms with Gasteiger partial charge in [-0.2, -0.15) is 0 Å². The summed E-state index contributed by atoms with van der Waals surface area (Å²) >= 11 is 0. The van der Waals surface area contributed by atoms with Crippen molar-refractivity contribution < 1.29 is 46.6 Å². The van der Waals surface area contributed by atoms with E-state index >= 15 is 13.2 Å². The smallest absolute Gasteiger partial charge is 0.407 e. The Morgan fingerprint density at radius 2 is 1.38 bits per heavy atom. The molecule has 9 rings (SSSR count). The van der Waals surface area contributed by atoms with Crippen molar-refractivity contribution in [3.8, 4) is 39.5 Å². The molecule has 3 aromatic heterocycles. The average Bonchev–Trinajstić information content (AvgIpc) is 4.19. The number of carbonyl (C=O) groups is 4. The van der Waals surface area contributed by atoms with E-state index in [0.29, 0.717) is 58.3 Å². The number of ether oxygens (including phenoxy) is 3. The minimum Gasteiger partial charge on any atom is -0.465 e. The molecule has 6 aromatic rings. The van der Waals surface area contributed by atoms with Crippen molar-refractivity contribution in [2.24, 2.45) is 11.8 Å². The van der Waals surface area contributed by atoms with E-state index < -0.39 is 73.1 Å². The van der Waals surface area contributed by atoms with Gasteiger partial charge in [-0.25, -0.2) is 32.7 Å². The number of H-pyrrole nitrogens is 2. The predicted molar refractivity (Wildman–Crippen MR) is 244 cm³/mol. The lowest BCUT2D eigenvalue weighted by atomic mass is 10.0. The van der Waals surface area contributed by atoms with Gasteiger partial charge in [0.25, 0.3) is 5.92 Å². The number of amides is 4. The first-order valence-corrected chi connectivity index (χ1v) is 22.5. The lowest BCUT2D eigenvalue weighted by Gasteiger charge is -2.30. The molecule has 0 saturated carbocycles. The topological polar surface area (TPSA) is 189 Å². The maximum atomic E-state index is 17.3. The zero-order valence-electron chi connectivity index (χ0n) is 38.3. The second kappa shape index (κ2) is 18.1. The van der Waals surface area contributed by atoms with E-state index in [1.807, 2.05) is 60.9 Å². The predicted octanol–water partition coefficient (Wildman–Crippen LogP) is 8.50. The number of carbonyl (C=O) groups excluding carboxylic acids is 4. The second-order valence-electron chi connectivity index (χ2n) is 18.2. The summed E-state index contributed by atoms with van der Waals surface area (Å²) < 4.78 is 65.4. The van der Waals surface area contributed by atoms with Crippen LogP contribution in [-0.4, -0.2) is 104 Å². The quantitative estimate of drug-likeness (QED) is 0.0988. The first-order chi connectivity index (χ1) is 32.6. The van der Waals surface area contributed by atoms with Gasteiger partial charge in [0.15, 0.2) is 5.82 Å². The average molecular weight is 936 g/mol. The zero-order chi connectivity index (χ0) is 48.2. The highest BCUT2D eigenvalue weighted by molar-refractivity contribution is 5.93. The summed E-state index contributed by atoms with van der Waals surface area (Å²) in [6.45, 7) is 6.75. The molecule has 0 spiro atoms. The third kappa shape index (κ3) is 8.38. The van der Waals surface area contributed by atoms with Crippen molar-refractivity contribution in [2.45, 2.75) is 83.3 Å². The molecule has 68 heavy (non-hydrogen) atoms. The molecule has 4 amide bonds. The molecule has 356 valence electrons. The van der Waals surface area contributed by atoms with Gasteiger partial charge in [0.05, 0.1) is 67.8 Å². The van der Waals surface area contributed by atoms with E-state index in [2.05, 4.69) is 30.3 Å². The van der Waals surface area contributed by atoms with Crippen molar-refractivity contribution >= 4 is 34.9 Å². The summed E-state index contributed by atoms with van der Waals surface area (Å²) in [7, 11) is 2.41. The number of alkyl carbamates (subject to hydrolysis) is 2. The molecule has 1 unspecified atom stereocenters. The first kappa shape index (κ1) is 45.8. The Bertz CT molecular complexity index is 2900. The SMILES string of the molecule is COC(=O)N[C@H](C(=O)N1CCC[C@H]1c1ncc(-c2ccc3c(c2)OC(c2ccccc2)n2c-3c(F)c3cc(-c4cnc([C@@H]5CC(F)(F)CN5C(=O)[C@@H](NC(=O)OC)C(C)C)[nH]4)ccc32)[nH]1)C(C)C. The third-order valence-electron chi connectivity index (χ3n) is 13.1. The molecule has 3 aromatic carbocycles. The van der Waals surface area contributed by atoms with Gasteiger partial charge in [-0.05, 0) is 48.9 Å². The number of nitrogens with zero attached hydrogens (tertiary/aromatic N) is 5. The molecule has 5 atom stereocenters. The number of aromatic nitrogens is 5. The highest BCUT2D eigenvalue weighted by Crippen LogP contribution is 2.48. The standard InChI is InChI=1S/C49H52F3N9O7/c1-25(2)39(57-47(64)66-5)44(62)59-18-10-13-35(59)42-53-23-33(55-42)29-14-16-30-37(20-29)68-46(27-11-8-7-9-12-27)61-34-17-15-28(19-31(34)38(50)41(30)61)32-22-54-43(56-32)36-21-49(51,52)24-60(36)45(63)40(26(3)4)58-48(65)67-6/h7-9,11-12,14-17,19-20,22-23,25-26,35-36,39-40,46H,10,13,18,21,24H2,1-6H3,(H,53,55)(H,54,56)(H,57,64)(H,58,65)/t35-,36-,39-,40-,46?/m0/s1. The van der Waals surface area contributed by atoms with Crippen LogP contribution in [0.4, 0.5) is 22.8 Å². The summed E-state index contributed by atoms with van der Waals surface area (Å²) in [5.74, 6) is -4.09. The molecular weight excluding hydrogens is 884 g/mol. The molecule has 0 bridgehead atoms. The van der Waals surface area contributed by atoms with Crippen molar-refractivity contribution in [2.75, 3.05) is 27.3 Å². The highest BCUT2D eigenvalue weighted by atomic mass is 19.3. The molecule has 2 saturated heterocycles. The molecule has 6 heterocycles. The van der Waals surface area contributed by atoms with Crippen LogP contribution in [0.25, 0.3) is 44.7 Å². The van der Waals surface area contributed by atoms with E-state index in [4.69, 9.17) is 14.5 Å². The van der Waals surface area contributed by atoms with Crippen LogP contribution in [0.15, 0.2) is 79.1 Å². The first-order valence-electron chi connectivity index (χ1n) is 22.5. The van der Waals surface area contributed by atoms with E-state index in [0.717, 1.165) is 29.6 Å². The van der Waals surface area contributed by atoms with Gasteiger partial charge >= 0.3 is 12.2 Å². The summed E-state index contributed by atoms with van der Waals surface area (Å²) in [5, 5.41) is 5.43. The summed E-state index contributed by atoms with van der Waals surface area (Å²) in [4.78, 5) is 70.1. The fourth-order valence-electron chi connectivity index (χ4n) is 9.59. The molecule has 0 aliphatic carbocycles. The number of hydrogen-bond donors (Lipinski definition) is 4. The number of halogens is 3. The van der Waals surface area contributed by atoms with Gasteiger partial charge in [-0.1, -0.05) is 70.2 Å². The summed E-state index contributed by atoms with van der Waals surface area (Å²) in [6.07, 6.45) is 1.60. The van der Waals surface area contributed by atoms with Crippen molar-refractivity contribution in [1.82, 2.24) is 44.9 Å². The Morgan fingerprint density at radius 3 is 2.00 bits per heavy atom. The van der Waals surface area contributed by atoms with Crippen LogP contribution in [0.3, 0.4) is 0 Å². The van der Waals surface area contributed by atoms with Gasteiger partial charge in [-0.15, -0.1) is 0 Å². The van der Waals surface area contributed by atoms with Crippen LogP contribution in [0.5, 0.6) is 5.75 Å². The minimum atomic E-state index is -3.22. The number of aromatic amines is 2. The van der Waals surface area contributed by atoms with E-state index in [1.165, 1.54) is 13.3 Å². The van der Waals surface area contributed by atoms with Crippen LogP contribution in [0.1, 0.15) is 82.5 Å². The third-order valence-corrected chi connectivity index (χ3v) is 13.1. The zero-order valence-corrected chi connectivity index (χ0v) is 38.3. The Kier molecular flexibility index (Phi) is 12.2. The molecule has 3 aliphatic rings.